The molecule has 1 aliphatic heterocycles. The van der Waals surface area contributed by atoms with Gasteiger partial charge in [-0.3, -0.25) is 4.68 Å². The molecule has 2 atom stereocenters. The van der Waals surface area contributed by atoms with Crippen molar-refractivity contribution in [2.24, 2.45) is 7.05 Å². The smallest absolute Gasteiger partial charge is 0.239 e. The standard InChI is InChI=1S/C11H16N6O/c1-16-6-7(5-13-16)8-3-4-9(18-2)10-14-11(12)15-17(8)10/h5-6,8-9H,3-4H2,1-2H3,(H2,12,15). The van der Waals surface area contributed by atoms with Gasteiger partial charge in [-0.15, -0.1) is 5.10 Å². The Morgan fingerprint density at radius 3 is 2.94 bits per heavy atom. The fourth-order valence-electron chi connectivity index (χ4n) is 2.51. The third kappa shape index (κ3) is 1.67. The number of anilines is 1. The number of nitrogens with two attached hydrogens (primary N) is 1. The van der Waals surface area contributed by atoms with Crippen LogP contribution in [0.3, 0.4) is 0 Å². The second kappa shape index (κ2) is 4.09. The Labute approximate surface area is 105 Å². The first kappa shape index (κ1) is 11.2. The molecule has 7 nitrogen and oxygen atoms in total. The highest BCUT2D eigenvalue weighted by Gasteiger charge is 2.31. The molecule has 0 fully saturated rings. The first-order chi connectivity index (χ1) is 8.69. The zero-order valence-corrected chi connectivity index (χ0v) is 10.4. The Kier molecular flexibility index (Phi) is 2.55. The largest absolute Gasteiger partial charge is 0.373 e. The van der Waals surface area contributed by atoms with Gasteiger partial charge in [0.15, 0.2) is 5.82 Å². The summed E-state index contributed by atoms with van der Waals surface area (Å²) in [6.45, 7) is 0. The summed E-state index contributed by atoms with van der Waals surface area (Å²) in [4.78, 5) is 4.26. The Hall–Kier alpha value is -1.89. The van der Waals surface area contributed by atoms with Crippen LogP contribution in [-0.2, 0) is 11.8 Å². The molecule has 1 aliphatic rings. The number of hydrogen-bond acceptors (Lipinski definition) is 5. The number of hydrogen-bond donors (Lipinski definition) is 1. The van der Waals surface area contributed by atoms with Gasteiger partial charge < -0.3 is 10.5 Å². The molecule has 18 heavy (non-hydrogen) atoms. The zero-order valence-electron chi connectivity index (χ0n) is 10.4. The van der Waals surface area contributed by atoms with Crippen LogP contribution >= 0.6 is 0 Å². The second-order valence-electron chi connectivity index (χ2n) is 4.54. The molecule has 3 rings (SSSR count). The molecule has 2 aromatic heterocycles. The Morgan fingerprint density at radius 2 is 2.28 bits per heavy atom. The number of rotatable bonds is 2. The summed E-state index contributed by atoms with van der Waals surface area (Å²) in [5.74, 6) is 1.10. The topological polar surface area (TPSA) is 83.8 Å². The Balaban J connectivity index is 2.03. The predicted molar refractivity (Wildman–Crippen MR) is 64.8 cm³/mol. The van der Waals surface area contributed by atoms with Crippen LogP contribution < -0.4 is 5.73 Å². The fraction of sp³-hybridized carbons (Fsp3) is 0.545. The molecule has 0 spiro atoms. The number of nitrogen functional groups attached to an aromatic ring is 1. The summed E-state index contributed by atoms with van der Waals surface area (Å²) in [5.41, 5.74) is 6.82. The number of fused-ring (bicyclic) bond motifs is 1. The second-order valence-corrected chi connectivity index (χ2v) is 4.54. The van der Waals surface area contributed by atoms with Crippen molar-refractivity contribution in [3.63, 3.8) is 0 Å². The maximum absolute atomic E-state index is 5.70. The van der Waals surface area contributed by atoms with E-state index in [4.69, 9.17) is 10.5 Å². The molecule has 0 saturated carbocycles. The lowest BCUT2D eigenvalue weighted by Crippen LogP contribution is -2.24. The van der Waals surface area contributed by atoms with Crippen molar-refractivity contribution in [1.29, 1.82) is 0 Å². The monoisotopic (exact) mass is 248 g/mol. The van der Waals surface area contributed by atoms with E-state index in [0.29, 0.717) is 5.95 Å². The number of nitrogens with zero attached hydrogens (tertiary/aromatic N) is 5. The molecule has 7 heteroatoms. The first-order valence-electron chi connectivity index (χ1n) is 5.92. The number of aryl methyl sites for hydroxylation is 1. The maximum Gasteiger partial charge on any atom is 0.239 e. The highest BCUT2D eigenvalue weighted by atomic mass is 16.5. The summed E-state index contributed by atoms with van der Waals surface area (Å²) in [6, 6.07) is 0.143. The molecule has 96 valence electrons. The molecular weight excluding hydrogens is 232 g/mol. The van der Waals surface area contributed by atoms with E-state index < -0.39 is 0 Å². The van der Waals surface area contributed by atoms with E-state index in [1.165, 1.54) is 0 Å². The van der Waals surface area contributed by atoms with Crippen molar-refractivity contribution < 1.29 is 4.74 Å². The summed E-state index contributed by atoms with van der Waals surface area (Å²) in [5, 5.41) is 8.49. The van der Waals surface area contributed by atoms with Gasteiger partial charge in [0.1, 0.15) is 6.10 Å². The minimum absolute atomic E-state index is 0.0253. The van der Waals surface area contributed by atoms with E-state index in [1.807, 2.05) is 24.1 Å². The SMILES string of the molecule is COC1CCC(c2cnn(C)c2)n2nc(N)nc21. The molecule has 2 N–H and O–H groups in total. The van der Waals surface area contributed by atoms with Crippen LogP contribution in [0.15, 0.2) is 12.4 Å². The number of ether oxygens (including phenoxy) is 1. The number of aromatic nitrogens is 5. The number of methoxy groups -OCH3 is 1. The summed E-state index contributed by atoms with van der Waals surface area (Å²) >= 11 is 0. The molecule has 2 unspecified atom stereocenters. The molecule has 0 aromatic carbocycles. The van der Waals surface area contributed by atoms with E-state index in [1.54, 1.807) is 11.8 Å². The minimum atomic E-state index is -0.0253. The van der Waals surface area contributed by atoms with Gasteiger partial charge in [-0.2, -0.15) is 10.1 Å². The molecule has 0 aliphatic carbocycles. The molecule has 0 radical (unpaired) electrons. The van der Waals surface area contributed by atoms with E-state index in [2.05, 4.69) is 15.2 Å². The van der Waals surface area contributed by atoms with E-state index in [0.717, 1.165) is 24.2 Å². The van der Waals surface area contributed by atoms with Crippen LogP contribution in [0, 0.1) is 0 Å². The molecule has 0 bridgehead atoms. The van der Waals surface area contributed by atoms with E-state index in [-0.39, 0.29) is 12.1 Å². The molecule has 0 amide bonds. The molecular formula is C11H16N6O. The zero-order chi connectivity index (χ0) is 12.7. The first-order valence-corrected chi connectivity index (χ1v) is 5.92. The van der Waals surface area contributed by atoms with Gasteiger partial charge >= 0.3 is 0 Å². The molecule has 2 aromatic rings. The highest BCUT2D eigenvalue weighted by molar-refractivity contribution is 5.21. The normalized spacial score (nSPS) is 23.0. The van der Waals surface area contributed by atoms with Gasteiger partial charge in [0.2, 0.25) is 5.95 Å². The van der Waals surface area contributed by atoms with Gasteiger partial charge in [0.25, 0.3) is 0 Å². The highest BCUT2D eigenvalue weighted by Crippen LogP contribution is 2.36. The Bertz CT molecular complexity index is 560. The average molecular weight is 248 g/mol. The molecule has 0 saturated heterocycles. The Morgan fingerprint density at radius 1 is 1.44 bits per heavy atom. The van der Waals surface area contributed by atoms with Crippen LogP contribution in [0.1, 0.15) is 36.4 Å². The van der Waals surface area contributed by atoms with Crippen molar-refractivity contribution in [2.75, 3.05) is 12.8 Å². The minimum Gasteiger partial charge on any atom is -0.373 e. The van der Waals surface area contributed by atoms with Crippen LogP contribution in [0.5, 0.6) is 0 Å². The van der Waals surface area contributed by atoms with Crippen molar-refractivity contribution in [3.8, 4) is 0 Å². The van der Waals surface area contributed by atoms with E-state index in [9.17, 15) is 0 Å². The van der Waals surface area contributed by atoms with Crippen molar-refractivity contribution in [1.82, 2.24) is 24.5 Å². The third-order valence-corrected chi connectivity index (χ3v) is 3.35. The van der Waals surface area contributed by atoms with Crippen molar-refractivity contribution >= 4 is 5.95 Å². The average Bonchev–Trinajstić information content (AvgIpc) is 2.93. The fourth-order valence-corrected chi connectivity index (χ4v) is 2.51. The lowest BCUT2D eigenvalue weighted by molar-refractivity contribution is 0.0649. The third-order valence-electron chi connectivity index (χ3n) is 3.35. The quantitative estimate of drug-likeness (QED) is 0.844. The summed E-state index contributed by atoms with van der Waals surface area (Å²) < 4.78 is 9.08. The van der Waals surface area contributed by atoms with E-state index >= 15 is 0 Å². The van der Waals surface area contributed by atoms with Gasteiger partial charge in [-0.1, -0.05) is 0 Å². The summed E-state index contributed by atoms with van der Waals surface area (Å²) in [7, 11) is 3.59. The van der Waals surface area contributed by atoms with Gasteiger partial charge in [-0.05, 0) is 12.8 Å². The maximum atomic E-state index is 5.70. The van der Waals surface area contributed by atoms with Gasteiger partial charge in [0.05, 0.1) is 12.2 Å². The lowest BCUT2D eigenvalue weighted by atomic mass is 9.98. The van der Waals surface area contributed by atoms with Crippen molar-refractivity contribution in [3.05, 3.63) is 23.8 Å². The van der Waals surface area contributed by atoms with Gasteiger partial charge in [-0.25, -0.2) is 4.68 Å². The van der Waals surface area contributed by atoms with Crippen LogP contribution in [-0.4, -0.2) is 31.7 Å². The van der Waals surface area contributed by atoms with Gasteiger partial charge in [0, 0.05) is 25.9 Å². The van der Waals surface area contributed by atoms with Crippen LogP contribution in [0.25, 0.3) is 0 Å². The summed E-state index contributed by atoms with van der Waals surface area (Å²) in [6.07, 6.45) is 5.69. The van der Waals surface area contributed by atoms with Crippen LogP contribution in [0.2, 0.25) is 0 Å². The molecule has 3 heterocycles. The van der Waals surface area contributed by atoms with Crippen molar-refractivity contribution in [2.45, 2.75) is 25.0 Å². The predicted octanol–water partition coefficient (Wildman–Crippen LogP) is 0.664. The van der Waals surface area contributed by atoms with Crippen LogP contribution in [0.4, 0.5) is 5.95 Å². The lowest BCUT2D eigenvalue weighted by Gasteiger charge is -2.27.